The Bertz CT molecular complexity index is 1120. The average molecular weight is 487 g/mol. The number of piperidine rings is 1. The third-order valence-electron chi connectivity index (χ3n) is 5.79. The molecule has 2 aliphatic heterocycles. The number of aromatic nitrogens is 2. The van der Waals surface area contributed by atoms with Gasteiger partial charge in [-0.25, -0.2) is 4.39 Å². The number of amides is 1. The Morgan fingerprint density at radius 2 is 1.88 bits per heavy atom. The van der Waals surface area contributed by atoms with E-state index >= 15 is 0 Å². The first kappa shape index (κ1) is 24.5. The van der Waals surface area contributed by atoms with Crippen LogP contribution in [0.2, 0.25) is 0 Å². The highest BCUT2D eigenvalue weighted by Crippen LogP contribution is 2.43. The molecule has 2 atom stereocenters. The van der Waals surface area contributed by atoms with Crippen molar-refractivity contribution in [2.75, 3.05) is 19.3 Å². The largest absolute Gasteiger partial charge is 0.609 e. The van der Waals surface area contributed by atoms with Gasteiger partial charge in [-0.2, -0.15) is 19.8 Å². The molecular weight excluding hydrogens is 457 g/mol. The maximum atomic E-state index is 14.0. The van der Waals surface area contributed by atoms with Crippen LogP contribution in [0.3, 0.4) is 0 Å². The molecule has 34 heavy (non-hydrogen) atoms. The van der Waals surface area contributed by atoms with Crippen molar-refractivity contribution in [3.05, 3.63) is 53.6 Å². The molecule has 1 fully saturated rings. The quantitative estimate of drug-likeness (QED) is 0.402. The van der Waals surface area contributed by atoms with Crippen molar-refractivity contribution in [1.82, 2.24) is 15.3 Å². The molecule has 0 saturated carbocycles. The Balaban J connectivity index is 1.98. The van der Waals surface area contributed by atoms with Gasteiger partial charge in [-0.15, -0.1) is 4.48 Å². The monoisotopic (exact) mass is 486 g/mol. The fourth-order valence-corrected chi connectivity index (χ4v) is 4.74. The second-order valence-electron chi connectivity index (χ2n) is 9.37. The fourth-order valence-electron chi connectivity index (χ4n) is 4.30. The Kier molecular flexibility index (Phi) is 6.86. The number of ether oxygens (including phenoxy) is 1. The van der Waals surface area contributed by atoms with E-state index in [4.69, 9.17) is 9.73 Å². The number of benzene rings is 1. The Labute approximate surface area is 201 Å². The molecule has 2 unspecified atom stereocenters. The fraction of sp³-hybridized carbons (Fsp3) is 0.417. The van der Waals surface area contributed by atoms with Crippen LogP contribution in [-0.4, -0.2) is 62.4 Å². The van der Waals surface area contributed by atoms with E-state index in [9.17, 15) is 13.7 Å². The molecular formula is C24H29FN5O3S+. The number of carbonyl (C=O) groups is 1. The molecule has 180 valence electrons. The smallest absolute Gasteiger partial charge is 0.528 e. The van der Waals surface area contributed by atoms with Crippen LogP contribution in [0.1, 0.15) is 44.9 Å². The number of nitrogens with one attached hydrogen (secondary N) is 1. The van der Waals surface area contributed by atoms with Crippen molar-refractivity contribution in [1.29, 1.82) is 0 Å². The second kappa shape index (κ2) is 9.53. The van der Waals surface area contributed by atoms with Crippen LogP contribution in [0, 0.1) is 5.82 Å². The highest BCUT2D eigenvalue weighted by molar-refractivity contribution is 7.90. The number of quaternary nitrogens is 1. The van der Waals surface area contributed by atoms with Gasteiger partial charge in [-0.3, -0.25) is 0 Å². The van der Waals surface area contributed by atoms with Crippen LogP contribution in [0.15, 0.2) is 46.7 Å². The minimum Gasteiger partial charge on any atom is -0.609 e. The molecule has 0 radical (unpaired) electrons. The summed E-state index contributed by atoms with van der Waals surface area (Å²) in [6.07, 6.45) is 5.60. The number of nitrogens with zero attached hydrogens (tertiary/aromatic N) is 4. The normalized spacial score (nSPS) is 22.2. The maximum Gasteiger partial charge on any atom is 0.528 e. The van der Waals surface area contributed by atoms with Gasteiger partial charge >= 0.3 is 11.2 Å². The third-order valence-corrected chi connectivity index (χ3v) is 6.51. The lowest BCUT2D eigenvalue weighted by molar-refractivity contribution is -0.715. The number of hydrogen-bond acceptors (Lipinski definition) is 7. The van der Waals surface area contributed by atoms with E-state index in [1.807, 2.05) is 20.8 Å². The lowest BCUT2D eigenvalue weighted by Crippen LogP contribution is -2.59. The standard InChI is InChI=1S/C24H29FN5O3S/c1-24(2,3)33-23(31)30(18-9-12-26-13-10-18)15-28-20(16-5-7-17(25)8-6-16)21(30)19-11-14-27-22(29-19)34(4)32/h5-8,11,14-15,18,26H,9-10,12-13H2,1-4H3/q+1. The molecule has 1 saturated heterocycles. The van der Waals surface area contributed by atoms with Crippen molar-refractivity contribution in [2.24, 2.45) is 4.99 Å². The van der Waals surface area contributed by atoms with E-state index in [0.717, 1.165) is 13.1 Å². The number of aliphatic imine (C=N–C) groups is 1. The predicted molar refractivity (Wildman–Crippen MR) is 128 cm³/mol. The van der Waals surface area contributed by atoms with Crippen LogP contribution >= 0.6 is 0 Å². The van der Waals surface area contributed by atoms with Crippen LogP contribution < -0.4 is 5.32 Å². The molecule has 2 aromatic rings. The zero-order valence-corrected chi connectivity index (χ0v) is 20.6. The zero-order chi connectivity index (χ0) is 24.5. The van der Waals surface area contributed by atoms with Gasteiger partial charge in [0.05, 0.1) is 0 Å². The predicted octanol–water partition coefficient (Wildman–Crippen LogP) is 3.72. The zero-order valence-electron chi connectivity index (χ0n) is 19.7. The Hall–Kier alpha value is -2.66. The van der Waals surface area contributed by atoms with Gasteiger partial charge < -0.3 is 14.6 Å². The molecule has 8 nitrogen and oxygen atoms in total. The number of halogens is 1. The van der Waals surface area contributed by atoms with E-state index in [2.05, 4.69) is 15.3 Å². The minimum absolute atomic E-state index is 0.154. The van der Waals surface area contributed by atoms with Crippen LogP contribution in [0.5, 0.6) is 0 Å². The van der Waals surface area contributed by atoms with Crippen molar-refractivity contribution >= 4 is 35.0 Å². The highest BCUT2D eigenvalue weighted by Gasteiger charge is 2.55. The lowest BCUT2D eigenvalue weighted by atomic mass is 9.99. The van der Waals surface area contributed by atoms with Gasteiger partial charge in [0.2, 0.25) is 12.0 Å². The van der Waals surface area contributed by atoms with E-state index in [-0.39, 0.29) is 21.5 Å². The van der Waals surface area contributed by atoms with Gasteiger partial charge in [0.15, 0.2) is 0 Å². The van der Waals surface area contributed by atoms with Crippen molar-refractivity contribution in [3.8, 4) is 0 Å². The number of hydrogen-bond donors (Lipinski definition) is 1. The summed E-state index contributed by atoms with van der Waals surface area (Å²) in [6.45, 7) is 6.96. The van der Waals surface area contributed by atoms with E-state index < -0.39 is 22.9 Å². The van der Waals surface area contributed by atoms with Gasteiger partial charge in [0.1, 0.15) is 35.1 Å². The molecule has 2 aliphatic rings. The van der Waals surface area contributed by atoms with Crippen LogP contribution in [-0.2, 0) is 15.9 Å². The van der Waals surface area contributed by atoms with E-state index in [0.29, 0.717) is 35.5 Å². The summed E-state index contributed by atoms with van der Waals surface area (Å²) in [5.74, 6) is -0.371. The third kappa shape index (κ3) is 4.76. The first-order valence-corrected chi connectivity index (χ1v) is 12.7. The molecule has 1 aromatic heterocycles. The van der Waals surface area contributed by atoms with E-state index in [1.165, 1.54) is 24.6 Å². The van der Waals surface area contributed by atoms with E-state index in [1.54, 1.807) is 24.5 Å². The summed E-state index contributed by atoms with van der Waals surface area (Å²) in [5, 5.41) is 3.50. The van der Waals surface area contributed by atoms with Gasteiger partial charge in [0.25, 0.3) is 0 Å². The second-order valence-corrected chi connectivity index (χ2v) is 10.6. The SMILES string of the molecule is C[S+]([O-])c1nccc(C2=C(c3ccc(F)cc3)N=C[N+]2(C(=O)OC(C)(C)C)C2CCNCC2)n1. The Morgan fingerprint density at radius 3 is 2.50 bits per heavy atom. The van der Waals surface area contributed by atoms with Gasteiger partial charge in [0, 0.05) is 48.9 Å². The average Bonchev–Trinajstić information content (AvgIpc) is 3.21. The topological polar surface area (TPSA) is 99.5 Å². The number of carbonyl (C=O) groups excluding carboxylic acids is 1. The molecule has 10 heteroatoms. The first-order valence-electron chi connectivity index (χ1n) is 11.2. The molecule has 0 aliphatic carbocycles. The highest BCUT2D eigenvalue weighted by atomic mass is 32.2. The summed E-state index contributed by atoms with van der Waals surface area (Å²) in [4.78, 5) is 27.3. The van der Waals surface area contributed by atoms with Crippen LogP contribution in [0.4, 0.5) is 9.18 Å². The van der Waals surface area contributed by atoms with Gasteiger partial charge in [-0.1, -0.05) is 0 Å². The molecule has 4 rings (SSSR count). The summed E-state index contributed by atoms with van der Waals surface area (Å²) in [6, 6.07) is 7.49. The summed E-state index contributed by atoms with van der Waals surface area (Å²) >= 11 is -1.42. The first-order chi connectivity index (χ1) is 16.1. The van der Waals surface area contributed by atoms with Crippen molar-refractivity contribution < 1.29 is 23.0 Å². The van der Waals surface area contributed by atoms with Gasteiger partial charge in [-0.05, 0) is 51.1 Å². The molecule has 1 amide bonds. The molecule has 1 N–H and O–H groups in total. The molecule has 1 aromatic carbocycles. The Morgan fingerprint density at radius 1 is 1.21 bits per heavy atom. The molecule has 0 bridgehead atoms. The van der Waals surface area contributed by atoms with Crippen molar-refractivity contribution in [3.63, 3.8) is 0 Å². The summed E-state index contributed by atoms with van der Waals surface area (Å²) in [7, 11) is 0. The number of rotatable bonds is 4. The molecule has 0 spiro atoms. The minimum atomic E-state index is -1.42. The van der Waals surface area contributed by atoms with Crippen LogP contribution in [0.25, 0.3) is 11.4 Å². The maximum absolute atomic E-state index is 14.0. The van der Waals surface area contributed by atoms with Crippen molar-refractivity contribution in [2.45, 2.75) is 50.4 Å². The lowest BCUT2D eigenvalue weighted by Gasteiger charge is -2.39. The summed E-state index contributed by atoms with van der Waals surface area (Å²) in [5.41, 5.74) is 1.36. The summed E-state index contributed by atoms with van der Waals surface area (Å²) < 4.78 is 31.5. The molecule has 3 heterocycles.